The van der Waals surface area contributed by atoms with Gasteiger partial charge in [-0.25, -0.2) is 9.79 Å². The summed E-state index contributed by atoms with van der Waals surface area (Å²) in [5.41, 5.74) is 1.10. The standard InChI is InChI=1S/C19H16BrN4O3S/c1-23-16-14(18(25)24(2)19(23)26)17(22-15(21-16)13-4-3-9-27-13)28-10-11-5-7-12(20)8-6-11/h3-9,14H,10H2,1-2H3/q+1. The molecular weight excluding hydrogens is 444 g/mol. The van der Waals surface area contributed by atoms with E-state index in [-0.39, 0.29) is 5.91 Å². The van der Waals surface area contributed by atoms with Crippen LogP contribution in [0.2, 0.25) is 0 Å². The van der Waals surface area contributed by atoms with E-state index in [0.717, 1.165) is 14.9 Å². The second-order valence-corrected chi connectivity index (χ2v) is 8.22. The molecule has 9 heteroatoms. The number of carbonyl (C=O) groups is 2. The minimum Gasteiger partial charge on any atom is -0.459 e. The summed E-state index contributed by atoms with van der Waals surface area (Å²) in [6, 6.07) is 11.0. The van der Waals surface area contributed by atoms with Crippen LogP contribution in [0.1, 0.15) is 11.3 Å². The lowest BCUT2D eigenvalue weighted by atomic mass is 10.0. The van der Waals surface area contributed by atoms with E-state index in [0.29, 0.717) is 28.2 Å². The van der Waals surface area contributed by atoms with Gasteiger partial charge in [0.2, 0.25) is 0 Å². The number of hydrogen-bond acceptors (Lipinski definition) is 6. The lowest BCUT2D eigenvalue weighted by Gasteiger charge is -2.26. The third-order valence-electron chi connectivity index (χ3n) is 4.48. The molecule has 0 bridgehead atoms. The summed E-state index contributed by atoms with van der Waals surface area (Å²) in [6.07, 6.45) is 1.54. The average Bonchev–Trinajstić information content (AvgIpc) is 3.24. The highest BCUT2D eigenvalue weighted by Crippen LogP contribution is 2.28. The quantitative estimate of drug-likeness (QED) is 0.658. The van der Waals surface area contributed by atoms with Crippen molar-refractivity contribution in [2.75, 3.05) is 14.1 Å². The number of amidine groups is 2. The smallest absolute Gasteiger partial charge is 0.445 e. The van der Waals surface area contributed by atoms with Gasteiger partial charge in [-0.2, -0.15) is 9.48 Å². The Balaban J connectivity index is 1.73. The van der Waals surface area contributed by atoms with Crippen molar-refractivity contribution in [1.29, 1.82) is 0 Å². The van der Waals surface area contributed by atoms with Crippen molar-refractivity contribution in [3.05, 3.63) is 58.5 Å². The maximum absolute atomic E-state index is 12.8. The second kappa shape index (κ2) is 7.48. The zero-order valence-corrected chi connectivity index (χ0v) is 17.5. The molecule has 0 N–H and O–H groups in total. The third kappa shape index (κ3) is 3.35. The Labute approximate surface area is 174 Å². The van der Waals surface area contributed by atoms with Crippen LogP contribution < -0.4 is 0 Å². The van der Waals surface area contributed by atoms with Crippen LogP contribution in [0, 0.1) is 5.92 Å². The Hall–Kier alpha value is -2.52. The molecule has 142 valence electrons. The van der Waals surface area contributed by atoms with Crippen molar-refractivity contribution in [2.45, 2.75) is 5.75 Å². The zero-order valence-electron chi connectivity index (χ0n) is 15.1. The topological polar surface area (TPSA) is 78.2 Å². The van der Waals surface area contributed by atoms with Crippen molar-refractivity contribution < 1.29 is 18.6 Å². The summed E-state index contributed by atoms with van der Waals surface area (Å²) in [6.45, 7) is 0. The first-order chi connectivity index (χ1) is 13.5. The van der Waals surface area contributed by atoms with Gasteiger partial charge in [0.25, 0.3) is 11.7 Å². The lowest BCUT2D eigenvalue weighted by Crippen LogP contribution is -2.54. The molecule has 1 atom stereocenters. The van der Waals surface area contributed by atoms with Gasteiger partial charge in [0.15, 0.2) is 11.7 Å². The third-order valence-corrected chi connectivity index (χ3v) is 6.11. The Morgan fingerprint density at radius 2 is 1.96 bits per heavy atom. The maximum Gasteiger partial charge on any atom is 0.445 e. The number of furan rings is 1. The first-order valence-corrected chi connectivity index (χ1v) is 10.2. The van der Waals surface area contributed by atoms with Gasteiger partial charge in [-0.1, -0.05) is 33.1 Å². The average molecular weight is 460 g/mol. The predicted octanol–water partition coefficient (Wildman–Crippen LogP) is 3.38. The number of aliphatic imine (C=N–C) groups is 2. The molecule has 0 saturated heterocycles. The van der Waals surface area contributed by atoms with E-state index < -0.39 is 11.9 Å². The van der Waals surface area contributed by atoms with Gasteiger partial charge in [0, 0.05) is 10.2 Å². The molecule has 0 spiro atoms. The first-order valence-electron chi connectivity index (χ1n) is 8.46. The van der Waals surface area contributed by atoms with E-state index in [1.807, 2.05) is 24.3 Å². The van der Waals surface area contributed by atoms with Crippen LogP contribution in [0.4, 0.5) is 4.79 Å². The highest BCUT2D eigenvalue weighted by Gasteiger charge is 2.49. The molecule has 1 aromatic heterocycles. The van der Waals surface area contributed by atoms with Gasteiger partial charge in [0.1, 0.15) is 5.04 Å². The van der Waals surface area contributed by atoms with Crippen molar-refractivity contribution in [3.63, 3.8) is 0 Å². The number of urea groups is 1. The Morgan fingerprint density at radius 3 is 2.64 bits per heavy atom. The van der Waals surface area contributed by atoms with Gasteiger partial charge >= 0.3 is 11.9 Å². The minimum absolute atomic E-state index is 0.331. The van der Waals surface area contributed by atoms with Crippen molar-refractivity contribution in [1.82, 2.24) is 4.90 Å². The minimum atomic E-state index is -0.702. The molecule has 0 radical (unpaired) electrons. The highest BCUT2D eigenvalue weighted by molar-refractivity contribution is 9.10. The SMILES string of the molecule is CN1C(=O)C2C(SCc3ccc(Br)cc3)=NC(c3ccco3)=NC2=[N+](C)C1=O. The van der Waals surface area contributed by atoms with Crippen molar-refractivity contribution in [2.24, 2.45) is 15.9 Å². The molecule has 3 amide bonds. The highest BCUT2D eigenvalue weighted by atomic mass is 79.9. The fourth-order valence-electron chi connectivity index (χ4n) is 2.94. The van der Waals surface area contributed by atoms with Crippen LogP contribution >= 0.6 is 27.7 Å². The largest absolute Gasteiger partial charge is 0.459 e. The molecule has 7 nitrogen and oxygen atoms in total. The molecule has 3 heterocycles. The van der Waals surface area contributed by atoms with Gasteiger partial charge in [0.05, 0.1) is 20.4 Å². The van der Waals surface area contributed by atoms with Crippen LogP contribution in [0.5, 0.6) is 0 Å². The first kappa shape index (κ1) is 18.8. The van der Waals surface area contributed by atoms with Gasteiger partial charge in [-0.05, 0) is 29.8 Å². The number of fused-ring (bicyclic) bond motifs is 1. The van der Waals surface area contributed by atoms with Crippen LogP contribution in [-0.4, -0.2) is 52.2 Å². The summed E-state index contributed by atoms with van der Waals surface area (Å²) in [5.74, 6) is 0.809. The van der Waals surface area contributed by atoms with Crippen LogP contribution in [0.3, 0.4) is 0 Å². The molecule has 0 saturated carbocycles. The summed E-state index contributed by atoms with van der Waals surface area (Å²) in [5, 5.41) is 0.593. The summed E-state index contributed by atoms with van der Waals surface area (Å²) >= 11 is 4.89. The van der Waals surface area contributed by atoms with E-state index in [1.54, 1.807) is 19.2 Å². The van der Waals surface area contributed by atoms with E-state index >= 15 is 0 Å². The number of thioether (sulfide) groups is 1. The number of halogens is 1. The lowest BCUT2D eigenvalue weighted by molar-refractivity contribution is -0.407. The number of rotatable bonds is 3. The normalized spacial score (nSPS) is 19.5. The molecular formula is C19H16BrN4O3S+. The molecule has 2 aliphatic rings. The number of carbonyl (C=O) groups excluding carboxylic acids is 2. The molecule has 0 fully saturated rings. The molecule has 0 aliphatic carbocycles. The number of benzene rings is 1. The summed E-state index contributed by atoms with van der Waals surface area (Å²) < 4.78 is 7.82. The fourth-order valence-corrected chi connectivity index (χ4v) is 4.24. The number of imide groups is 1. The van der Waals surface area contributed by atoms with E-state index in [4.69, 9.17) is 4.42 Å². The molecule has 28 heavy (non-hydrogen) atoms. The fraction of sp³-hybridized carbons (Fsp3) is 0.211. The second-order valence-electron chi connectivity index (χ2n) is 6.31. The molecule has 1 aromatic carbocycles. The molecule has 2 aliphatic heterocycles. The Morgan fingerprint density at radius 1 is 1.21 bits per heavy atom. The van der Waals surface area contributed by atoms with E-state index in [9.17, 15) is 9.59 Å². The molecule has 4 rings (SSSR count). The number of hydrogen-bond donors (Lipinski definition) is 0. The zero-order chi connectivity index (χ0) is 19.8. The number of amides is 3. The van der Waals surface area contributed by atoms with Crippen LogP contribution in [0.25, 0.3) is 0 Å². The summed E-state index contributed by atoms with van der Waals surface area (Å²) in [7, 11) is 3.08. The van der Waals surface area contributed by atoms with Crippen LogP contribution in [0.15, 0.2) is 61.5 Å². The van der Waals surface area contributed by atoms with Crippen LogP contribution in [-0.2, 0) is 10.5 Å². The Bertz CT molecular complexity index is 1040. The van der Waals surface area contributed by atoms with Crippen molar-refractivity contribution in [3.8, 4) is 0 Å². The number of nitrogens with zero attached hydrogens (tertiary/aromatic N) is 4. The predicted molar refractivity (Wildman–Crippen MR) is 111 cm³/mol. The Kier molecular flexibility index (Phi) is 5.03. The molecule has 1 unspecified atom stereocenters. The van der Waals surface area contributed by atoms with Gasteiger partial charge in [-0.3, -0.25) is 4.79 Å². The monoisotopic (exact) mass is 459 g/mol. The molecule has 2 aromatic rings. The van der Waals surface area contributed by atoms with E-state index in [1.165, 1.54) is 29.6 Å². The summed E-state index contributed by atoms with van der Waals surface area (Å²) in [4.78, 5) is 35.4. The maximum atomic E-state index is 12.8. The van der Waals surface area contributed by atoms with Gasteiger partial charge in [-0.15, -0.1) is 11.8 Å². The van der Waals surface area contributed by atoms with E-state index in [2.05, 4.69) is 25.9 Å². The van der Waals surface area contributed by atoms with Crippen molar-refractivity contribution >= 4 is 56.3 Å². The van der Waals surface area contributed by atoms with Gasteiger partial charge < -0.3 is 4.42 Å².